The minimum atomic E-state index is -2.83. The van der Waals surface area contributed by atoms with Crippen LogP contribution in [-0.4, -0.2) is 56.7 Å². The average molecular weight is 219 g/mol. The van der Waals surface area contributed by atoms with Gasteiger partial charge in [0.05, 0.1) is 0 Å². The van der Waals surface area contributed by atoms with Crippen molar-refractivity contribution in [2.45, 2.75) is 12.0 Å². The van der Waals surface area contributed by atoms with Crippen LogP contribution in [0.1, 0.15) is 5.69 Å². The van der Waals surface area contributed by atoms with Gasteiger partial charge in [-0.3, -0.25) is 4.98 Å². The summed E-state index contributed by atoms with van der Waals surface area (Å²) in [5, 5.41) is 26.6. The molecule has 0 saturated carbocycles. The molecule has 0 amide bonds. The Morgan fingerprint density at radius 1 is 1.25 bits per heavy atom. The summed E-state index contributed by atoms with van der Waals surface area (Å²) in [6.07, 6.45) is 0.817. The molecule has 7 heteroatoms. The number of carboxylic acid groups (broad SMARTS) is 2. The molecule has 0 fully saturated rings. The first-order valence-corrected chi connectivity index (χ1v) is 4.06. The quantitative estimate of drug-likeness (QED) is 0.437. The predicted molar refractivity (Wildman–Crippen MR) is 55.3 cm³/mol. The van der Waals surface area contributed by atoms with Crippen LogP contribution in [0.25, 0.3) is 0 Å². The van der Waals surface area contributed by atoms with Crippen molar-refractivity contribution in [3.05, 3.63) is 30.1 Å². The number of aromatic nitrogens is 1. The second-order valence-corrected chi connectivity index (χ2v) is 2.97. The molecule has 3 N–H and O–H groups in total. The first-order valence-electron chi connectivity index (χ1n) is 4.06. The fraction of sp³-hybridized carbons (Fsp3) is 0.222. The van der Waals surface area contributed by atoms with Crippen molar-refractivity contribution in [2.75, 3.05) is 0 Å². The molecule has 6 nitrogen and oxygen atoms in total. The van der Waals surface area contributed by atoms with Gasteiger partial charge in [-0.05, 0) is 12.1 Å². The molecule has 0 aliphatic carbocycles. The molecule has 0 saturated heterocycles. The van der Waals surface area contributed by atoms with Crippen molar-refractivity contribution in [3.63, 3.8) is 0 Å². The molecule has 0 unspecified atom stereocenters. The molecule has 0 bridgehead atoms. The van der Waals surface area contributed by atoms with E-state index in [9.17, 15) is 14.7 Å². The Balaban J connectivity index is 0.00000225. The summed E-state index contributed by atoms with van der Waals surface area (Å²) in [6, 6.07) is 4.62. The number of nitrogens with zero attached hydrogens (tertiary/aromatic N) is 1. The Bertz CT molecular complexity index is 367. The van der Waals surface area contributed by atoms with E-state index in [2.05, 4.69) is 4.98 Å². The first-order chi connectivity index (χ1) is 6.97. The summed E-state index contributed by atoms with van der Waals surface area (Å²) in [5.74, 6) is -3.61. The Morgan fingerprint density at radius 3 is 2.19 bits per heavy atom. The summed E-state index contributed by atoms with van der Waals surface area (Å²) in [6.45, 7) is 0. The first kappa shape index (κ1) is 14.6. The van der Waals surface area contributed by atoms with Crippen molar-refractivity contribution in [2.24, 2.45) is 0 Å². The third kappa shape index (κ3) is 3.07. The average Bonchev–Trinajstić information content (AvgIpc) is 2.18. The maximum absolute atomic E-state index is 10.6. The molecule has 82 valence electrons. The zero-order valence-electron chi connectivity index (χ0n) is 7.62. The number of carbonyl (C=O) groups is 2. The van der Waals surface area contributed by atoms with Crippen molar-refractivity contribution in [1.82, 2.24) is 4.98 Å². The van der Waals surface area contributed by atoms with Crippen LogP contribution >= 0.6 is 0 Å². The van der Waals surface area contributed by atoms with Crippen molar-refractivity contribution >= 4 is 30.8 Å². The molecule has 0 radical (unpaired) electrons. The summed E-state index contributed by atoms with van der Waals surface area (Å²) >= 11 is 0. The van der Waals surface area contributed by atoms with Gasteiger partial charge in [0.2, 0.25) is 0 Å². The molecule has 1 rings (SSSR count). The number of hydrogen-bond donors (Lipinski definition) is 3. The van der Waals surface area contributed by atoms with Crippen LogP contribution in [0.15, 0.2) is 24.4 Å². The molecule has 0 spiro atoms. The molecule has 1 aromatic rings. The third-order valence-electron chi connectivity index (χ3n) is 1.87. The van der Waals surface area contributed by atoms with Gasteiger partial charge in [0.1, 0.15) is 0 Å². The molecule has 1 aromatic heterocycles. The fourth-order valence-electron chi connectivity index (χ4n) is 1.01. The van der Waals surface area contributed by atoms with Gasteiger partial charge in [0.25, 0.3) is 5.60 Å². The van der Waals surface area contributed by atoms with Crippen LogP contribution in [0.4, 0.5) is 0 Å². The van der Waals surface area contributed by atoms with E-state index >= 15 is 0 Å². The Hall–Kier alpha value is -1.35. The van der Waals surface area contributed by atoms with Crippen molar-refractivity contribution < 1.29 is 24.9 Å². The Labute approximate surface area is 103 Å². The van der Waals surface area contributed by atoms with Gasteiger partial charge in [-0.25, -0.2) is 9.59 Å². The zero-order valence-corrected chi connectivity index (χ0v) is 7.62. The van der Waals surface area contributed by atoms with E-state index in [0.717, 1.165) is 0 Å². The number of carboxylic acids is 2. The molecule has 0 atom stereocenters. The fourth-order valence-corrected chi connectivity index (χ4v) is 1.01. The number of rotatable bonds is 4. The predicted octanol–water partition coefficient (Wildman–Crippen LogP) is -1.12. The second-order valence-electron chi connectivity index (χ2n) is 2.97. The van der Waals surface area contributed by atoms with Gasteiger partial charge in [0, 0.05) is 18.3 Å². The zero-order chi connectivity index (χ0) is 11.5. The molecule has 0 aliphatic rings. The number of aliphatic carboxylic acids is 2. The van der Waals surface area contributed by atoms with E-state index in [1.54, 1.807) is 12.1 Å². The minimum absolute atomic E-state index is 0. The summed E-state index contributed by atoms with van der Waals surface area (Å²) in [7, 11) is 0. The Morgan fingerprint density at radius 2 is 1.81 bits per heavy atom. The molecular weight excluding hydrogens is 209 g/mol. The normalized spacial score (nSPS) is 10.3. The molecular formula is C9H10LiNO5. The van der Waals surface area contributed by atoms with E-state index in [1.165, 1.54) is 12.3 Å². The molecule has 16 heavy (non-hydrogen) atoms. The van der Waals surface area contributed by atoms with Crippen LogP contribution in [0.5, 0.6) is 0 Å². The van der Waals surface area contributed by atoms with Gasteiger partial charge < -0.3 is 15.3 Å². The SMILES string of the molecule is O=C(O)C(O)(Cc1ccccn1)C(=O)O.[LiH]. The van der Waals surface area contributed by atoms with E-state index in [4.69, 9.17) is 10.2 Å². The van der Waals surface area contributed by atoms with E-state index in [1.807, 2.05) is 0 Å². The van der Waals surface area contributed by atoms with E-state index < -0.39 is 24.0 Å². The van der Waals surface area contributed by atoms with Crippen LogP contribution < -0.4 is 0 Å². The summed E-state index contributed by atoms with van der Waals surface area (Å²) < 4.78 is 0. The standard InChI is InChI=1S/C9H9NO5.Li.H/c11-7(12)9(15,8(13)14)5-6-3-1-2-4-10-6;;/h1-4,15H,5H2,(H,11,12)(H,13,14);;. The topological polar surface area (TPSA) is 108 Å². The monoisotopic (exact) mass is 219 g/mol. The summed E-state index contributed by atoms with van der Waals surface area (Å²) in [4.78, 5) is 25.0. The van der Waals surface area contributed by atoms with E-state index in [-0.39, 0.29) is 24.6 Å². The van der Waals surface area contributed by atoms with Crippen LogP contribution in [0.3, 0.4) is 0 Å². The maximum atomic E-state index is 10.6. The van der Waals surface area contributed by atoms with Gasteiger partial charge in [-0.1, -0.05) is 6.07 Å². The third-order valence-corrected chi connectivity index (χ3v) is 1.87. The second kappa shape index (κ2) is 5.66. The van der Waals surface area contributed by atoms with Crippen LogP contribution in [0, 0.1) is 0 Å². The van der Waals surface area contributed by atoms with Gasteiger partial charge in [0.15, 0.2) is 0 Å². The number of hydrogen-bond acceptors (Lipinski definition) is 4. The van der Waals surface area contributed by atoms with E-state index in [0.29, 0.717) is 0 Å². The van der Waals surface area contributed by atoms with Crippen LogP contribution in [0.2, 0.25) is 0 Å². The van der Waals surface area contributed by atoms with Gasteiger partial charge in [-0.2, -0.15) is 0 Å². The molecule has 0 aliphatic heterocycles. The Kier molecular flexibility index (Phi) is 5.18. The molecule has 1 heterocycles. The number of pyridine rings is 1. The van der Waals surface area contributed by atoms with Gasteiger partial charge in [-0.15, -0.1) is 0 Å². The molecule has 0 aromatic carbocycles. The van der Waals surface area contributed by atoms with Crippen molar-refractivity contribution in [3.8, 4) is 0 Å². The number of aliphatic hydroxyl groups is 1. The summed E-state index contributed by atoms with van der Waals surface area (Å²) in [5.41, 5.74) is -2.63. The van der Waals surface area contributed by atoms with Gasteiger partial charge >= 0.3 is 30.8 Å². The van der Waals surface area contributed by atoms with Crippen LogP contribution in [-0.2, 0) is 16.0 Å². The van der Waals surface area contributed by atoms with Crippen molar-refractivity contribution in [1.29, 1.82) is 0 Å².